The molecule has 98 valence electrons. The van der Waals surface area contributed by atoms with Crippen LogP contribution in [0.5, 0.6) is 0 Å². The van der Waals surface area contributed by atoms with Crippen molar-refractivity contribution in [2.45, 2.75) is 71.6 Å². The van der Waals surface area contributed by atoms with Gasteiger partial charge in [-0.3, -0.25) is 0 Å². The van der Waals surface area contributed by atoms with E-state index < -0.39 is 0 Å². The highest BCUT2D eigenvalue weighted by Crippen LogP contribution is 2.25. The van der Waals surface area contributed by atoms with Gasteiger partial charge in [0.15, 0.2) is 0 Å². The molecule has 0 amide bonds. The summed E-state index contributed by atoms with van der Waals surface area (Å²) in [7, 11) is 0. The van der Waals surface area contributed by atoms with Gasteiger partial charge in [0.2, 0.25) is 0 Å². The predicted molar refractivity (Wildman–Crippen MR) is 78.4 cm³/mol. The smallest absolute Gasteiger partial charge is 0.0158 e. The van der Waals surface area contributed by atoms with Crippen LogP contribution in [0, 0.1) is 5.92 Å². The van der Waals surface area contributed by atoms with E-state index >= 15 is 0 Å². The lowest BCUT2D eigenvalue weighted by molar-refractivity contribution is 0.455. The summed E-state index contributed by atoms with van der Waals surface area (Å²) in [5, 5.41) is 3.68. The first kappa shape index (κ1) is 16.3. The van der Waals surface area contributed by atoms with E-state index in [1.807, 2.05) is 0 Å². The van der Waals surface area contributed by atoms with Crippen LogP contribution < -0.4 is 5.32 Å². The predicted octanol–water partition coefficient (Wildman–Crippen LogP) is 4.32. The average molecular weight is 245 g/mol. The van der Waals surface area contributed by atoms with Crippen LogP contribution in [0.25, 0.3) is 0 Å². The molecule has 0 aromatic rings. The maximum absolute atomic E-state index is 3.68. The minimum absolute atomic E-state index is 0.393. The molecular formula is C14H31NS. The molecule has 1 nitrogen and oxygen atoms in total. The Morgan fingerprint density at radius 3 is 2.19 bits per heavy atom. The van der Waals surface area contributed by atoms with Crippen LogP contribution in [0.2, 0.25) is 0 Å². The van der Waals surface area contributed by atoms with Gasteiger partial charge in [-0.05, 0) is 31.7 Å². The van der Waals surface area contributed by atoms with Crippen molar-refractivity contribution in [3.63, 3.8) is 0 Å². The van der Waals surface area contributed by atoms with Crippen LogP contribution >= 0.6 is 11.8 Å². The van der Waals surface area contributed by atoms with Crippen molar-refractivity contribution in [2.75, 3.05) is 12.3 Å². The molecule has 0 spiro atoms. The zero-order valence-corrected chi connectivity index (χ0v) is 12.9. The largest absolute Gasteiger partial charge is 0.313 e. The summed E-state index contributed by atoms with van der Waals surface area (Å²) in [6.07, 6.45) is 3.89. The van der Waals surface area contributed by atoms with Gasteiger partial charge in [-0.15, -0.1) is 0 Å². The number of rotatable bonds is 8. The molecule has 0 heterocycles. The minimum Gasteiger partial charge on any atom is -0.313 e. The van der Waals surface area contributed by atoms with E-state index in [1.54, 1.807) is 0 Å². The minimum atomic E-state index is 0.393. The molecule has 1 unspecified atom stereocenters. The van der Waals surface area contributed by atoms with Crippen LogP contribution in [0.3, 0.4) is 0 Å². The van der Waals surface area contributed by atoms with Crippen LogP contribution in [0.15, 0.2) is 0 Å². The van der Waals surface area contributed by atoms with Gasteiger partial charge in [0.1, 0.15) is 0 Å². The van der Waals surface area contributed by atoms with Crippen molar-refractivity contribution in [1.82, 2.24) is 5.32 Å². The van der Waals surface area contributed by atoms with E-state index in [2.05, 4.69) is 58.6 Å². The Balaban J connectivity index is 3.89. The lowest BCUT2D eigenvalue weighted by atomic mass is 10.0. The Bertz CT molecular complexity index is 161. The highest BCUT2D eigenvalue weighted by atomic mass is 32.2. The van der Waals surface area contributed by atoms with Crippen molar-refractivity contribution < 1.29 is 0 Å². The average Bonchev–Trinajstić information content (AvgIpc) is 2.15. The summed E-state index contributed by atoms with van der Waals surface area (Å²) in [6, 6.07) is 0.701. The molecule has 0 saturated carbocycles. The first-order valence-corrected chi connectivity index (χ1v) is 7.71. The third kappa shape index (κ3) is 10.8. The summed E-state index contributed by atoms with van der Waals surface area (Å²) < 4.78 is 0.393. The van der Waals surface area contributed by atoms with Gasteiger partial charge in [0.05, 0.1) is 0 Å². The van der Waals surface area contributed by atoms with Crippen molar-refractivity contribution in [1.29, 1.82) is 0 Å². The maximum Gasteiger partial charge on any atom is 0.0158 e. The van der Waals surface area contributed by atoms with Crippen LogP contribution in [-0.2, 0) is 0 Å². The van der Waals surface area contributed by atoms with Crippen LogP contribution in [-0.4, -0.2) is 23.1 Å². The van der Waals surface area contributed by atoms with E-state index in [1.165, 1.54) is 25.0 Å². The van der Waals surface area contributed by atoms with Gasteiger partial charge in [0, 0.05) is 16.5 Å². The second kappa shape index (κ2) is 8.41. The molecule has 0 bridgehead atoms. The number of hydrogen-bond acceptors (Lipinski definition) is 2. The summed E-state index contributed by atoms with van der Waals surface area (Å²) in [5.41, 5.74) is 0. The number of hydrogen-bond donors (Lipinski definition) is 1. The summed E-state index contributed by atoms with van der Waals surface area (Å²) in [6.45, 7) is 14.9. The Morgan fingerprint density at radius 2 is 1.75 bits per heavy atom. The molecule has 0 aliphatic heterocycles. The molecule has 0 aromatic heterocycles. The van der Waals surface area contributed by atoms with E-state index in [4.69, 9.17) is 0 Å². The normalized spacial score (nSPS) is 14.4. The fraction of sp³-hybridized carbons (Fsp3) is 1.00. The Morgan fingerprint density at radius 1 is 1.12 bits per heavy atom. The van der Waals surface area contributed by atoms with Crippen molar-refractivity contribution >= 4 is 11.8 Å². The SMILES string of the molecule is CCCNC(CCC(C)C)CSC(C)(C)C. The molecule has 0 radical (unpaired) electrons. The Hall–Kier alpha value is 0.310. The topological polar surface area (TPSA) is 12.0 Å². The zero-order chi connectivity index (χ0) is 12.6. The standard InChI is InChI=1S/C14H31NS/c1-7-10-15-13(9-8-12(2)3)11-16-14(4,5)6/h12-13,15H,7-11H2,1-6H3. The van der Waals surface area contributed by atoms with E-state index in [9.17, 15) is 0 Å². The third-order valence-electron chi connectivity index (χ3n) is 2.49. The van der Waals surface area contributed by atoms with Gasteiger partial charge < -0.3 is 5.32 Å². The summed E-state index contributed by atoms with van der Waals surface area (Å²) >= 11 is 2.08. The lowest BCUT2D eigenvalue weighted by Gasteiger charge is -2.24. The highest BCUT2D eigenvalue weighted by molar-refractivity contribution is 8.00. The monoisotopic (exact) mass is 245 g/mol. The molecule has 0 saturated heterocycles. The molecule has 0 rings (SSSR count). The van der Waals surface area contributed by atoms with Crippen molar-refractivity contribution in [2.24, 2.45) is 5.92 Å². The maximum atomic E-state index is 3.68. The lowest BCUT2D eigenvalue weighted by Crippen LogP contribution is -2.33. The third-order valence-corrected chi connectivity index (χ3v) is 3.93. The zero-order valence-electron chi connectivity index (χ0n) is 12.1. The molecule has 0 aromatic carbocycles. The van der Waals surface area contributed by atoms with Gasteiger partial charge in [0.25, 0.3) is 0 Å². The van der Waals surface area contributed by atoms with Crippen LogP contribution in [0.4, 0.5) is 0 Å². The van der Waals surface area contributed by atoms with Gasteiger partial charge in [-0.1, -0.05) is 41.5 Å². The van der Waals surface area contributed by atoms with Gasteiger partial charge in [-0.2, -0.15) is 11.8 Å². The molecule has 2 heteroatoms. The molecule has 1 atom stereocenters. The molecule has 0 aliphatic carbocycles. The van der Waals surface area contributed by atoms with Crippen LogP contribution in [0.1, 0.15) is 60.8 Å². The van der Waals surface area contributed by atoms with Crippen molar-refractivity contribution in [3.05, 3.63) is 0 Å². The van der Waals surface area contributed by atoms with Gasteiger partial charge in [-0.25, -0.2) is 0 Å². The van der Waals surface area contributed by atoms with E-state index in [0.29, 0.717) is 10.8 Å². The fourth-order valence-electron chi connectivity index (χ4n) is 1.48. The number of nitrogens with one attached hydrogen (secondary N) is 1. The highest BCUT2D eigenvalue weighted by Gasteiger charge is 2.15. The quantitative estimate of drug-likeness (QED) is 0.683. The van der Waals surface area contributed by atoms with Gasteiger partial charge >= 0.3 is 0 Å². The first-order valence-electron chi connectivity index (χ1n) is 6.72. The Kier molecular flexibility index (Phi) is 8.57. The summed E-state index contributed by atoms with van der Waals surface area (Å²) in [5.74, 6) is 2.07. The molecule has 1 N–H and O–H groups in total. The number of thioether (sulfide) groups is 1. The second-order valence-electron chi connectivity index (χ2n) is 6.05. The fourth-order valence-corrected chi connectivity index (χ4v) is 2.46. The molecule has 0 fully saturated rings. The summed E-state index contributed by atoms with van der Waals surface area (Å²) in [4.78, 5) is 0. The van der Waals surface area contributed by atoms with E-state index in [-0.39, 0.29) is 0 Å². The Labute approximate surface area is 107 Å². The molecular weight excluding hydrogens is 214 g/mol. The van der Waals surface area contributed by atoms with E-state index in [0.717, 1.165) is 12.5 Å². The second-order valence-corrected chi connectivity index (χ2v) is 7.89. The molecule has 16 heavy (non-hydrogen) atoms. The van der Waals surface area contributed by atoms with Crippen molar-refractivity contribution in [3.8, 4) is 0 Å². The molecule has 0 aliphatic rings. The first-order chi connectivity index (χ1) is 7.35.